The number of rotatable bonds is 10. The van der Waals surface area contributed by atoms with Crippen LogP contribution in [0.5, 0.6) is 0 Å². The van der Waals surface area contributed by atoms with E-state index in [1.54, 1.807) is 20.2 Å². The number of nitrogens with zero attached hydrogens (tertiary/aromatic N) is 2. The number of esters is 1. The maximum atomic E-state index is 13.1. The molecular formula is C21H27N3O4S2. The number of unbranched alkanes of at least 4 members (excludes halogenated alkanes) is 1. The van der Waals surface area contributed by atoms with Crippen molar-refractivity contribution in [1.82, 2.24) is 4.90 Å². The Bertz CT molecular complexity index is 991. The molecule has 0 aliphatic rings. The Morgan fingerprint density at radius 1 is 1.23 bits per heavy atom. The van der Waals surface area contributed by atoms with Crippen LogP contribution in [0.15, 0.2) is 61.5 Å². The number of sulfonamides is 1. The molecule has 162 valence electrons. The van der Waals surface area contributed by atoms with Crippen LogP contribution in [-0.4, -0.2) is 53.4 Å². The lowest BCUT2D eigenvalue weighted by Gasteiger charge is -2.17. The highest BCUT2D eigenvalue weighted by molar-refractivity contribution is 8.00. The minimum atomic E-state index is -4.06. The van der Waals surface area contributed by atoms with Crippen molar-refractivity contribution in [2.24, 2.45) is 4.40 Å². The average Bonchev–Trinajstić information content (AvgIpc) is 2.73. The second-order valence-electron chi connectivity index (χ2n) is 6.70. The molecule has 30 heavy (non-hydrogen) atoms. The van der Waals surface area contributed by atoms with E-state index in [1.807, 2.05) is 30.3 Å². The van der Waals surface area contributed by atoms with Crippen molar-refractivity contribution in [2.45, 2.75) is 34.5 Å². The Morgan fingerprint density at radius 2 is 1.93 bits per heavy atom. The van der Waals surface area contributed by atoms with Crippen LogP contribution in [0.25, 0.3) is 0 Å². The summed E-state index contributed by atoms with van der Waals surface area (Å²) in [6, 6.07) is 12.4. The van der Waals surface area contributed by atoms with E-state index in [0.717, 1.165) is 17.7 Å². The van der Waals surface area contributed by atoms with Gasteiger partial charge in [-0.1, -0.05) is 43.3 Å². The number of hydrogen-bond acceptors (Lipinski definition) is 6. The standard InChI is InChI=1S/C21H27N3O4S2/c1-5-6-12-22-18-13-16(21(25)28-4)14-19(30(26,27)23-15-24(2)3)20(18)29-17-10-8-7-9-11-17/h7-11,13-15,22H,5-6,12H2,1-4H3/b23-15+. The van der Waals surface area contributed by atoms with Gasteiger partial charge >= 0.3 is 5.97 Å². The molecule has 2 aromatic rings. The number of ether oxygens (including phenoxy) is 1. The van der Waals surface area contributed by atoms with Gasteiger partial charge in [-0.3, -0.25) is 0 Å². The Morgan fingerprint density at radius 3 is 2.53 bits per heavy atom. The molecule has 9 heteroatoms. The lowest BCUT2D eigenvalue weighted by atomic mass is 10.2. The van der Waals surface area contributed by atoms with Crippen molar-refractivity contribution < 1.29 is 17.9 Å². The number of hydrogen-bond donors (Lipinski definition) is 1. The first-order valence-corrected chi connectivity index (χ1v) is 11.7. The van der Waals surface area contributed by atoms with Crippen molar-refractivity contribution >= 4 is 39.8 Å². The zero-order valence-corrected chi connectivity index (χ0v) is 19.2. The van der Waals surface area contributed by atoms with Crippen LogP contribution in [0.1, 0.15) is 30.1 Å². The maximum absolute atomic E-state index is 13.1. The summed E-state index contributed by atoms with van der Waals surface area (Å²) in [5.74, 6) is -0.613. The van der Waals surface area contributed by atoms with Crippen LogP contribution in [0.4, 0.5) is 5.69 Å². The van der Waals surface area contributed by atoms with Crippen LogP contribution in [0, 0.1) is 0 Å². The zero-order valence-electron chi connectivity index (χ0n) is 17.6. The van der Waals surface area contributed by atoms with Crippen LogP contribution < -0.4 is 5.32 Å². The van der Waals surface area contributed by atoms with Crippen molar-refractivity contribution in [3.63, 3.8) is 0 Å². The quantitative estimate of drug-likeness (QED) is 0.253. The fraction of sp³-hybridized carbons (Fsp3) is 0.333. The molecule has 0 unspecified atom stereocenters. The number of carbonyl (C=O) groups excluding carboxylic acids is 1. The molecule has 2 rings (SSSR count). The summed E-state index contributed by atoms with van der Waals surface area (Å²) in [7, 11) is 0.561. The normalized spacial score (nSPS) is 11.5. The molecule has 1 N–H and O–H groups in total. The van der Waals surface area contributed by atoms with E-state index in [9.17, 15) is 13.2 Å². The van der Waals surface area contributed by atoms with Crippen molar-refractivity contribution in [1.29, 1.82) is 0 Å². The van der Waals surface area contributed by atoms with Gasteiger partial charge in [-0.2, -0.15) is 8.42 Å². The first-order chi connectivity index (χ1) is 14.3. The third-order valence-electron chi connectivity index (χ3n) is 3.98. The number of nitrogens with one attached hydrogen (secondary N) is 1. The molecular weight excluding hydrogens is 422 g/mol. The van der Waals surface area contributed by atoms with E-state index < -0.39 is 16.0 Å². The topological polar surface area (TPSA) is 88.1 Å². The number of anilines is 1. The number of benzene rings is 2. The highest BCUT2D eigenvalue weighted by Crippen LogP contribution is 2.40. The van der Waals surface area contributed by atoms with Crippen molar-refractivity contribution in [3.8, 4) is 0 Å². The predicted molar refractivity (Wildman–Crippen MR) is 121 cm³/mol. The van der Waals surface area contributed by atoms with E-state index in [1.165, 1.54) is 36.2 Å². The van der Waals surface area contributed by atoms with Gasteiger partial charge in [-0.05, 0) is 30.7 Å². The first kappa shape index (κ1) is 23.8. The summed E-state index contributed by atoms with van der Waals surface area (Å²) in [6.07, 6.45) is 3.10. The summed E-state index contributed by atoms with van der Waals surface area (Å²) in [6.45, 7) is 2.71. The van der Waals surface area contributed by atoms with Gasteiger partial charge in [0.1, 0.15) is 11.2 Å². The van der Waals surface area contributed by atoms with Gasteiger partial charge < -0.3 is 15.0 Å². The summed E-state index contributed by atoms with van der Waals surface area (Å²) in [5.41, 5.74) is 0.700. The molecule has 0 saturated heterocycles. The number of methoxy groups -OCH3 is 1. The average molecular weight is 450 g/mol. The molecule has 0 aliphatic carbocycles. The predicted octanol–water partition coefficient (Wildman–Crippen LogP) is 4.12. The van der Waals surface area contributed by atoms with Gasteiger partial charge in [0.25, 0.3) is 10.0 Å². The van der Waals surface area contributed by atoms with E-state index in [2.05, 4.69) is 16.6 Å². The molecule has 0 fully saturated rings. The Hall–Kier alpha value is -2.52. The third-order valence-corrected chi connectivity index (χ3v) is 6.51. The minimum Gasteiger partial charge on any atom is -0.465 e. The minimum absolute atomic E-state index is 0.0450. The monoisotopic (exact) mass is 449 g/mol. The molecule has 0 saturated carbocycles. The van der Waals surface area contributed by atoms with Gasteiger partial charge in [-0.15, -0.1) is 4.40 Å². The van der Waals surface area contributed by atoms with Gasteiger partial charge in [-0.25, -0.2) is 4.79 Å². The smallest absolute Gasteiger partial charge is 0.337 e. The van der Waals surface area contributed by atoms with Gasteiger partial charge in [0, 0.05) is 25.5 Å². The van der Waals surface area contributed by atoms with E-state index >= 15 is 0 Å². The summed E-state index contributed by atoms with van der Waals surface area (Å²) < 4.78 is 34.7. The summed E-state index contributed by atoms with van der Waals surface area (Å²) in [5, 5.41) is 3.28. The fourth-order valence-electron chi connectivity index (χ4n) is 2.49. The third kappa shape index (κ3) is 6.50. The first-order valence-electron chi connectivity index (χ1n) is 9.48. The molecule has 0 aliphatic heterocycles. The van der Waals surface area contributed by atoms with Crippen molar-refractivity contribution in [3.05, 3.63) is 48.0 Å². The molecule has 2 aromatic carbocycles. The molecule has 0 spiro atoms. The lowest BCUT2D eigenvalue weighted by molar-refractivity contribution is 0.0600. The highest BCUT2D eigenvalue weighted by atomic mass is 32.2. The molecule has 7 nitrogen and oxygen atoms in total. The molecule has 0 heterocycles. The van der Waals surface area contributed by atoms with Gasteiger partial charge in [0.2, 0.25) is 0 Å². The van der Waals surface area contributed by atoms with Crippen molar-refractivity contribution in [2.75, 3.05) is 33.1 Å². The summed E-state index contributed by atoms with van der Waals surface area (Å²) >= 11 is 1.31. The summed E-state index contributed by atoms with van der Waals surface area (Å²) in [4.78, 5) is 15.1. The lowest BCUT2D eigenvalue weighted by Crippen LogP contribution is -2.13. The molecule has 0 amide bonds. The highest BCUT2D eigenvalue weighted by Gasteiger charge is 2.25. The second kappa shape index (κ2) is 11.0. The Kier molecular flexibility index (Phi) is 8.73. The number of carbonyl (C=O) groups is 1. The SMILES string of the molecule is CCCCNc1cc(C(=O)OC)cc(S(=O)(=O)/N=C/N(C)C)c1Sc1ccccc1. The molecule has 0 aromatic heterocycles. The van der Waals surface area contributed by atoms with Gasteiger partial charge in [0.15, 0.2) is 0 Å². The Balaban J connectivity index is 2.69. The van der Waals surface area contributed by atoms with Crippen LogP contribution in [0.2, 0.25) is 0 Å². The zero-order chi connectivity index (χ0) is 22.1. The largest absolute Gasteiger partial charge is 0.465 e. The molecule has 0 bridgehead atoms. The fourth-order valence-corrected chi connectivity index (χ4v) is 4.90. The second-order valence-corrected chi connectivity index (χ2v) is 9.38. The Labute approximate surface area is 182 Å². The van der Waals surface area contributed by atoms with Crippen LogP contribution >= 0.6 is 11.8 Å². The molecule has 0 atom stereocenters. The van der Waals surface area contributed by atoms with Crippen LogP contribution in [-0.2, 0) is 14.8 Å². The van der Waals surface area contributed by atoms with Gasteiger partial charge in [0.05, 0.1) is 23.3 Å². The van der Waals surface area contributed by atoms with E-state index in [4.69, 9.17) is 4.74 Å². The maximum Gasteiger partial charge on any atom is 0.337 e. The van der Waals surface area contributed by atoms with Crippen LogP contribution in [0.3, 0.4) is 0 Å². The van der Waals surface area contributed by atoms with E-state index in [-0.39, 0.29) is 10.5 Å². The molecule has 0 radical (unpaired) electrons. The van der Waals surface area contributed by atoms with E-state index in [0.29, 0.717) is 17.1 Å².